The topological polar surface area (TPSA) is 65.5 Å². The van der Waals surface area contributed by atoms with E-state index in [0.29, 0.717) is 0 Å². The van der Waals surface area contributed by atoms with E-state index in [9.17, 15) is 9.59 Å². The maximum Gasteiger partial charge on any atom is 0.320 e. The first-order valence-corrected chi connectivity index (χ1v) is 7.65. The molecule has 0 saturated heterocycles. The van der Waals surface area contributed by atoms with E-state index in [4.69, 9.17) is 9.47 Å². The van der Waals surface area contributed by atoms with Crippen molar-refractivity contribution in [1.29, 1.82) is 0 Å². The largest absolute Gasteiger partial charge is 0.465 e. The summed E-state index contributed by atoms with van der Waals surface area (Å²) in [7, 11) is 0. The number of esters is 2. The number of benzene rings is 1. The molecule has 0 spiro atoms. The Bertz CT molecular complexity index is 586. The Hall–Kier alpha value is -1.95. The molecule has 21 heavy (non-hydrogen) atoms. The number of fused-ring (bicyclic) bond motifs is 1. The van der Waals surface area contributed by atoms with Crippen molar-refractivity contribution in [3.05, 3.63) is 29.3 Å². The average molecular weight is 307 g/mol. The predicted molar refractivity (Wildman–Crippen MR) is 80.1 cm³/mol. The Kier molecular flexibility index (Phi) is 5.27. The van der Waals surface area contributed by atoms with Crippen LogP contribution in [-0.4, -0.2) is 30.1 Å². The molecule has 1 heterocycles. The van der Waals surface area contributed by atoms with Crippen LogP contribution in [0.4, 0.5) is 0 Å². The molecule has 2 aromatic rings. The predicted octanol–water partition coefficient (Wildman–Crippen LogP) is 2.58. The van der Waals surface area contributed by atoms with E-state index in [1.807, 2.05) is 24.3 Å². The minimum absolute atomic E-state index is 0.205. The maximum absolute atomic E-state index is 11.9. The third kappa shape index (κ3) is 3.78. The van der Waals surface area contributed by atoms with Crippen LogP contribution in [0, 0.1) is 5.92 Å². The van der Waals surface area contributed by atoms with Gasteiger partial charge in [0.15, 0.2) is 5.92 Å². The standard InChI is InChI=1S/C15H17NO4S/c1-3-19-14(17)10(15(18)20-4-2)9-13-16-11-7-5-6-8-12(11)21-13/h5-8,10H,3-4,9H2,1-2H3. The van der Waals surface area contributed by atoms with Crippen LogP contribution in [0.2, 0.25) is 0 Å². The number of aromatic nitrogens is 1. The van der Waals surface area contributed by atoms with Gasteiger partial charge >= 0.3 is 11.9 Å². The minimum atomic E-state index is -0.953. The molecule has 0 aliphatic heterocycles. The van der Waals surface area contributed by atoms with Crippen molar-refractivity contribution in [2.75, 3.05) is 13.2 Å². The van der Waals surface area contributed by atoms with Crippen molar-refractivity contribution in [3.63, 3.8) is 0 Å². The lowest BCUT2D eigenvalue weighted by Gasteiger charge is -2.12. The van der Waals surface area contributed by atoms with Crippen molar-refractivity contribution >= 4 is 33.5 Å². The fourth-order valence-corrected chi connectivity index (χ4v) is 2.94. The molecule has 2 rings (SSSR count). The van der Waals surface area contributed by atoms with Gasteiger partial charge in [-0.15, -0.1) is 11.3 Å². The Labute approximate surface area is 126 Å². The van der Waals surface area contributed by atoms with Crippen LogP contribution >= 0.6 is 11.3 Å². The summed E-state index contributed by atoms with van der Waals surface area (Å²) in [6, 6.07) is 7.69. The zero-order valence-electron chi connectivity index (χ0n) is 12.0. The lowest BCUT2D eigenvalue weighted by Crippen LogP contribution is -2.30. The molecule has 0 aliphatic carbocycles. The van der Waals surface area contributed by atoms with Crippen molar-refractivity contribution in [3.8, 4) is 0 Å². The van der Waals surface area contributed by atoms with Crippen molar-refractivity contribution in [1.82, 2.24) is 4.98 Å². The number of para-hydroxylation sites is 1. The van der Waals surface area contributed by atoms with Crippen LogP contribution in [0.15, 0.2) is 24.3 Å². The first kappa shape index (κ1) is 15.4. The fourth-order valence-electron chi connectivity index (χ4n) is 1.93. The molecule has 0 saturated carbocycles. The number of ether oxygens (including phenoxy) is 2. The third-order valence-corrected chi connectivity index (χ3v) is 3.92. The van der Waals surface area contributed by atoms with Crippen molar-refractivity contribution in [2.24, 2.45) is 5.92 Å². The van der Waals surface area contributed by atoms with Crippen LogP contribution in [0.25, 0.3) is 10.2 Å². The van der Waals surface area contributed by atoms with Gasteiger partial charge in [0.1, 0.15) is 0 Å². The molecule has 0 N–H and O–H groups in total. The summed E-state index contributed by atoms with van der Waals surface area (Å²) < 4.78 is 10.9. The molecule has 0 bridgehead atoms. The molecular weight excluding hydrogens is 290 g/mol. The van der Waals surface area contributed by atoms with E-state index in [1.165, 1.54) is 11.3 Å². The Morgan fingerprint density at radius 2 is 1.76 bits per heavy atom. The SMILES string of the molecule is CCOC(=O)C(Cc1nc2ccccc2s1)C(=O)OCC. The van der Waals surface area contributed by atoms with E-state index in [-0.39, 0.29) is 19.6 Å². The van der Waals surface area contributed by atoms with Gasteiger partial charge < -0.3 is 9.47 Å². The van der Waals surface area contributed by atoms with E-state index in [2.05, 4.69) is 4.98 Å². The molecule has 5 nitrogen and oxygen atoms in total. The van der Waals surface area contributed by atoms with E-state index >= 15 is 0 Å². The number of carbonyl (C=O) groups is 2. The highest BCUT2D eigenvalue weighted by atomic mass is 32.1. The maximum atomic E-state index is 11.9. The van der Waals surface area contributed by atoms with Gasteiger partial charge in [-0.05, 0) is 26.0 Å². The Balaban J connectivity index is 2.20. The van der Waals surface area contributed by atoms with Gasteiger partial charge in [-0.25, -0.2) is 4.98 Å². The number of hydrogen-bond acceptors (Lipinski definition) is 6. The molecule has 0 atom stereocenters. The molecule has 0 radical (unpaired) electrons. The number of thiazole rings is 1. The molecule has 0 aliphatic rings. The first-order valence-electron chi connectivity index (χ1n) is 6.83. The van der Waals surface area contributed by atoms with Crippen molar-refractivity contribution < 1.29 is 19.1 Å². The van der Waals surface area contributed by atoms with Crippen LogP contribution in [0.1, 0.15) is 18.9 Å². The molecule has 6 heteroatoms. The zero-order chi connectivity index (χ0) is 15.2. The number of hydrogen-bond donors (Lipinski definition) is 0. The molecule has 112 valence electrons. The summed E-state index contributed by atoms with van der Waals surface area (Å²) in [5.41, 5.74) is 0.865. The lowest BCUT2D eigenvalue weighted by atomic mass is 10.1. The van der Waals surface area contributed by atoms with Crippen LogP contribution in [0.3, 0.4) is 0 Å². The summed E-state index contributed by atoms with van der Waals surface area (Å²) in [6.07, 6.45) is 0.205. The second-order valence-electron chi connectivity index (χ2n) is 4.34. The quantitative estimate of drug-likeness (QED) is 0.606. The van der Waals surface area contributed by atoms with Crippen LogP contribution in [-0.2, 0) is 25.5 Å². The van der Waals surface area contributed by atoms with Crippen molar-refractivity contribution in [2.45, 2.75) is 20.3 Å². The second-order valence-corrected chi connectivity index (χ2v) is 5.45. The lowest BCUT2D eigenvalue weighted by molar-refractivity contribution is -0.161. The van der Waals surface area contributed by atoms with Gasteiger partial charge in [-0.3, -0.25) is 9.59 Å². The van der Waals surface area contributed by atoms with Gasteiger partial charge in [0.05, 0.1) is 28.4 Å². The summed E-state index contributed by atoms with van der Waals surface area (Å²) in [4.78, 5) is 28.3. The summed E-state index contributed by atoms with van der Waals surface area (Å²) >= 11 is 1.47. The molecule has 1 aromatic heterocycles. The normalized spacial score (nSPS) is 10.8. The highest BCUT2D eigenvalue weighted by Crippen LogP contribution is 2.24. The Morgan fingerprint density at radius 1 is 1.14 bits per heavy atom. The molecule has 1 aromatic carbocycles. The third-order valence-electron chi connectivity index (χ3n) is 2.86. The molecule has 0 fully saturated rings. The minimum Gasteiger partial charge on any atom is -0.465 e. The first-order chi connectivity index (χ1) is 10.2. The molecule has 0 unspecified atom stereocenters. The van der Waals surface area contributed by atoms with Gasteiger partial charge in [-0.2, -0.15) is 0 Å². The average Bonchev–Trinajstić information content (AvgIpc) is 2.87. The number of carbonyl (C=O) groups excluding carboxylic acids is 2. The van der Waals surface area contributed by atoms with Gasteiger partial charge in [0.25, 0.3) is 0 Å². The van der Waals surface area contributed by atoms with E-state index < -0.39 is 17.9 Å². The Morgan fingerprint density at radius 3 is 2.33 bits per heavy atom. The number of nitrogens with zero attached hydrogens (tertiary/aromatic N) is 1. The second kappa shape index (κ2) is 7.17. The molecule has 0 amide bonds. The van der Waals surface area contributed by atoms with Crippen LogP contribution < -0.4 is 0 Å². The highest BCUT2D eigenvalue weighted by molar-refractivity contribution is 7.18. The van der Waals surface area contributed by atoms with E-state index in [0.717, 1.165) is 15.2 Å². The monoisotopic (exact) mass is 307 g/mol. The van der Waals surface area contributed by atoms with Gasteiger partial charge in [-0.1, -0.05) is 12.1 Å². The summed E-state index contributed by atoms with van der Waals surface area (Å²) in [5.74, 6) is -2.07. The van der Waals surface area contributed by atoms with E-state index in [1.54, 1.807) is 13.8 Å². The number of rotatable bonds is 6. The van der Waals surface area contributed by atoms with Crippen LogP contribution in [0.5, 0.6) is 0 Å². The molecular formula is C15H17NO4S. The highest BCUT2D eigenvalue weighted by Gasteiger charge is 2.30. The van der Waals surface area contributed by atoms with Gasteiger partial charge in [0, 0.05) is 6.42 Å². The zero-order valence-corrected chi connectivity index (χ0v) is 12.8. The fraction of sp³-hybridized carbons (Fsp3) is 0.400. The summed E-state index contributed by atoms with van der Waals surface area (Å²) in [5, 5.41) is 0.724. The van der Waals surface area contributed by atoms with Gasteiger partial charge in [0.2, 0.25) is 0 Å². The smallest absolute Gasteiger partial charge is 0.320 e. The summed E-state index contributed by atoms with van der Waals surface area (Å²) in [6.45, 7) is 3.87.